The molecule has 3 rings (SSSR count). The van der Waals surface area contributed by atoms with E-state index in [0.717, 1.165) is 28.3 Å². The summed E-state index contributed by atoms with van der Waals surface area (Å²) in [6.07, 6.45) is 0.775. The van der Waals surface area contributed by atoms with Crippen molar-refractivity contribution >= 4 is 40.4 Å². The first-order valence-electron chi connectivity index (χ1n) is 6.45. The SMILES string of the molecule is Cc1ccc2c(C=O)nn(Cc3ccc(Cl)cc3Cl)c2c1. The molecule has 0 aliphatic heterocycles. The largest absolute Gasteiger partial charge is 0.296 e. The molecule has 106 valence electrons. The zero-order valence-corrected chi connectivity index (χ0v) is 12.8. The fourth-order valence-corrected chi connectivity index (χ4v) is 2.80. The van der Waals surface area contributed by atoms with Crippen molar-refractivity contribution in [3.8, 4) is 0 Å². The maximum atomic E-state index is 11.2. The quantitative estimate of drug-likeness (QED) is 0.666. The first-order chi connectivity index (χ1) is 10.1. The molecular weight excluding hydrogens is 307 g/mol. The van der Waals surface area contributed by atoms with Crippen LogP contribution in [0.25, 0.3) is 10.9 Å². The maximum Gasteiger partial charge on any atom is 0.170 e. The van der Waals surface area contributed by atoms with Crippen molar-refractivity contribution in [3.05, 3.63) is 63.3 Å². The minimum Gasteiger partial charge on any atom is -0.296 e. The van der Waals surface area contributed by atoms with E-state index in [1.165, 1.54) is 0 Å². The zero-order chi connectivity index (χ0) is 15.0. The normalized spacial score (nSPS) is 11.0. The molecule has 21 heavy (non-hydrogen) atoms. The van der Waals surface area contributed by atoms with Gasteiger partial charge in [0.1, 0.15) is 5.69 Å². The smallest absolute Gasteiger partial charge is 0.170 e. The average molecular weight is 319 g/mol. The van der Waals surface area contributed by atoms with Crippen molar-refractivity contribution in [1.29, 1.82) is 0 Å². The van der Waals surface area contributed by atoms with Crippen LogP contribution in [0.2, 0.25) is 10.0 Å². The van der Waals surface area contributed by atoms with Crippen molar-refractivity contribution in [2.75, 3.05) is 0 Å². The number of benzene rings is 2. The Kier molecular flexibility index (Phi) is 3.70. The molecule has 2 aromatic carbocycles. The minimum absolute atomic E-state index is 0.440. The van der Waals surface area contributed by atoms with E-state index in [0.29, 0.717) is 22.3 Å². The van der Waals surface area contributed by atoms with Gasteiger partial charge >= 0.3 is 0 Å². The van der Waals surface area contributed by atoms with Gasteiger partial charge in [0, 0.05) is 15.4 Å². The van der Waals surface area contributed by atoms with Gasteiger partial charge in [-0.2, -0.15) is 5.10 Å². The molecule has 5 heteroatoms. The number of aromatic nitrogens is 2. The van der Waals surface area contributed by atoms with E-state index in [4.69, 9.17) is 23.2 Å². The Hall–Kier alpha value is -1.84. The molecule has 0 saturated heterocycles. The number of hydrogen-bond donors (Lipinski definition) is 0. The Morgan fingerprint density at radius 3 is 2.71 bits per heavy atom. The number of aryl methyl sites for hydroxylation is 1. The Labute approximate surface area is 132 Å². The first-order valence-corrected chi connectivity index (χ1v) is 7.20. The van der Waals surface area contributed by atoms with Crippen LogP contribution < -0.4 is 0 Å². The molecule has 0 aliphatic rings. The van der Waals surface area contributed by atoms with E-state index < -0.39 is 0 Å². The first kappa shape index (κ1) is 14.1. The van der Waals surface area contributed by atoms with Crippen LogP contribution in [0, 0.1) is 6.92 Å². The number of nitrogens with zero attached hydrogens (tertiary/aromatic N) is 2. The molecule has 0 aliphatic carbocycles. The van der Waals surface area contributed by atoms with Crippen LogP contribution in [0.4, 0.5) is 0 Å². The van der Waals surface area contributed by atoms with Gasteiger partial charge in [-0.1, -0.05) is 41.4 Å². The van der Waals surface area contributed by atoms with Crippen molar-refractivity contribution < 1.29 is 4.79 Å². The Morgan fingerprint density at radius 1 is 1.19 bits per heavy atom. The molecular formula is C16H12Cl2N2O. The molecule has 0 bridgehead atoms. The summed E-state index contributed by atoms with van der Waals surface area (Å²) in [6.45, 7) is 2.50. The molecule has 0 saturated carbocycles. The molecule has 0 radical (unpaired) electrons. The van der Waals surface area contributed by atoms with E-state index in [1.54, 1.807) is 16.8 Å². The van der Waals surface area contributed by atoms with Gasteiger partial charge in [-0.05, 0) is 36.2 Å². The summed E-state index contributed by atoms with van der Waals surface area (Å²) in [4.78, 5) is 11.2. The lowest BCUT2D eigenvalue weighted by molar-refractivity contribution is 0.111. The summed E-state index contributed by atoms with van der Waals surface area (Å²) in [5, 5.41) is 6.40. The molecule has 0 unspecified atom stereocenters. The van der Waals surface area contributed by atoms with E-state index in [2.05, 4.69) is 5.10 Å². The number of carbonyl (C=O) groups excluding carboxylic acids is 1. The van der Waals surface area contributed by atoms with Gasteiger partial charge in [0.2, 0.25) is 0 Å². The topological polar surface area (TPSA) is 34.9 Å². The molecule has 0 amide bonds. The molecule has 0 N–H and O–H groups in total. The summed E-state index contributed by atoms with van der Waals surface area (Å²) in [5.74, 6) is 0. The number of fused-ring (bicyclic) bond motifs is 1. The molecule has 3 nitrogen and oxygen atoms in total. The fourth-order valence-electron chi connectivity index (χ4n) is 2.33. The second-order valence-corrected chi connectivity index (χ2v) is 5.76. The lowest BCUT2D eigenvalue weighted by atomic mass is 10.1. The van der Waals surface area contributed by atoms with Gasteiger partial charge in [0.25, 0.3) is 0 Å². The van der Waals surface area contributed by atoms with Crippen LogP contribution in [-0.4, -0.2) is 16.1 Å². The fraction of sp³-hybridized carbons (Fsp3) is 0.125. The summed E-state index contributed by atoms with van der Waals surface area (Å²) in [6, 6.07) is 11.3. The lowest BCUT2D eigenvalue weighted by Gasteiger charge is -2.07. The van der Waals surface area contributed by atoms with Crippen molar-refractivity contribution in [2.45, 2.75) is 13.5 Å². The number of rotatable bonds is 3. The maximum absolute atomic E-state index is 11.2. The van der Waals surface area contributed by atoms with Gasteiger partial charge in [-0.3, -0.25) is 9.48 Å². The Balaban J connectivity index is 2.11. The molecule has 0 fully saturated rings. The second kappa shape index (κ2) is 5.51. The van der Waals surface area contributed by atoms with Crippen LogP contribution in [-0.2, 0) is 6.54 Å². The molecule has 0 spiro atoms. The number of halogens is 2. The standard InChI is InChI=1S/C16H12Cl2N2O/c1-10-2-5-13-15(9-21)19-20(16(13)6-10)8-11-3-4-12(17)7-14(11)18/h2-7,9H,8H2,1H3. The van der Waals surface area contributed by atoms with Crippen LogP contribution >= 0.6 is 23.2 Å². The zero-order valence-electron chi connectivity index (χ0n) is 11.3. The van der Waals surface area contributed by atoms with Crippen molar-refractivity contribution in [3.63, 3.8) is 0 Å². The number of carbonyl (C=O) groups is 1. The van der Waals surface area contributed by atoms with E-state index in [1.807, 2.05) is 31.2 Å². The predicted octanol–water partition coefficient (Wildman–Crippen LogP) is 4.51. The average Bonchev–Trinajstić information content (AvgIpc) is 2.79. The summed E-state index contributed by atoms with van der Waals surface area (Å²) in [5.41, 5.74) is 3.38. The lowest BCUT2D eigenvalue weighted by Crippen LogP contribution is -2.03. The third-order valence-corrected chi connectivity index (χ3v) is 3.97. The van der Waals surface area contributed by atoms with Crippen molar-refractivity contribution in [1.82, 2.24) is 9.78 Å². The molecule has 1 aromatic heterocycles. The molecule has 3 aromatic rings. The highest BCUT2D eigenvalue weighted by Crippen LogP contribution is 2.24. The Bertz CT molecular complexity index is 840. The van der Waals surface area contributed by atoms with Gasteiger partial charge in [0.15, 0.2) is 6.29 Å². The minimum atomic E-state index is 0.440. The van der Waals surface area contributed by atoms with E-state index >= 15 is 0 Å². The summed E-state index contributed by atoms with van der Waals surface area (Å²) >= 11 is 12.1. The Morgan fingerprint density at radius 2 is 2.00 bits per heavy atom. The third-order valence-electron chi connectivity index (χ3n) is 3.38. The van der Waals surface area contributed by atoms with Crippen LogP contribution in [0.1, 0.15) is 21.6 Å². The van der Waals surface area contributed by atoms with Crippen LogP contribution in [0.15, 0.2) is 36.4 Å². The van der Waals surface area contributed by atoms with Gasteiger partial charge < -0.3 is 0 Å². The highest BCUT2D eigenvalue weighted by Gasteiger charge is 2.11. The number of aldehydes is 1. The number of hydrogen-bond acceptors (Lipinski definition) is 2. The highest BCUT2D eigenvalue weighted by molar-refractivity contribution is 6.35. The third kappa shape index (κ3) is 2.67. The van der Waals surface area contributed by atoms with Gasteiger partial charge in [-0.15, -0.1) is 0 Å². The predicted molar refractivity (Wildman–Crippen MR) is 85.4 cm³/mol. The van der Waals surface area contributed by atoms with E-state index in [-0.39, 0.29) is 0 Å². The second-order valence-electron chi connectivity index (χ2n) is 4.92. The van der Waals surface area contributed by atoms with Gasteiger partial charge in [0.05, 0.1) is 12.1 Å². The highest BCUT2D eigenvalue weighted by atomic mass is 35.5. The van der Waals surface area contributed by atoms with E-state index in [9.17, 15) is 4.79 Å². The summed E-state index contributed by atoms with van der Waals surface area (Å²) < 4.78 is 1.79. The molecule has 0 atom stereocenters. The van der Waals surface area contributed by atoms with Gasteiger partial charge in [-0.25, -0.2) is 0 Å². The summed E-state index contributed by atoms with van der Waals surface area (Å²) in [7, 11) is 0. The van der Waals surface area contributed by atoms with Crippen LogP contribution in [0.5, 0.6) is 0 Å². The van der Waals surface area contributed by atoms with Crippen LogP contribution in [0.3, 0.4) is 0 Å². The molecule has 1 heterocycles. The van der Waals surface area contributed by atoms with Crippen molar-refractivity contribution in [2.24, 2.45) is 0 Å². The monoisotopic (exact) mass is 318 g/mol.